The minimum Gasteiger partial charge on any atom is -0.487 e. The van der Waals surface area contributed by atoms with Crippen LogP contribution >= 0.6 is 11.3 Å². The summed E-state index contributed by atoms with van der Waals surface area (Å²) in [7, 11) is 0. The van der Waals surface area contributed by atoms with E-state index in [0.29, 0.717) is 30.2 Å². The quantitative estimate of drug-likeness (QED) is 0.309. The van der Waals surface area contributed by atoms with Crippen LogP contribution in [0.2, 0.25) is 0 Å². The Labute approximate surface area is 196 Å². The Hall–Kier alpha value is -3.90. The molecule has 2 aromatic carbocycles. The van der Waals surface area contributed by atoms with Crippen LogP contribution in [-0.2, 0) is 13.2 Å². The maximum atomic E-state index is 12.8. The molecule has 0 bridgehead atoms. The predicted molar refractivity (Wildman–Crippen MR) is 130 cm³/mol. The van der Waals surface area contributed by atoms with E-state index < -0.39 is 5.97 Å². The number of aromatic nitrogens is 1. The molecule has 2 aromatic heterocycles. The van der Waals surface area contributed by atoms with Crippen LogP contribution in [0.1, 0.15) is 41.7 Å². The van der Waals surface area contributed by atoms with Gasteiger partial charge in [-0.15, -0.1) is 11.3 Å². The zero-order valence-corrected chi connectivity index (χ0v) is 18.9. The topological polar surface area (TPSA) is 68.5 Å². The SMILES string of the molecule is Cc1ccc(C(=O)c2cccn2C/C=C/c2ccc(COc3ccccc3C(=O)O)s2)cc1. The van der Waals surface area contributed by atoms with Crippen molar-refractivity contribution >= 4 is 29.2 Å². The minimum atomic E-state index is -1.01. The van der Waals surface area contributed by atoms with Crippen LogP contribution in [0.3, 0.4) is 0 Å². The molecule has 0 unspecified atom stereocenters. The van der Waals surface area contributed by atoms with E-state index in [1.807, 2.05) is 78.4 Å². The van der Waals surface area contributed by atoms with Crippen molar-refractivity contribution in [2.45, 2.75) is 20.1 Å². The average molecular weight is 458 g/mol. The number of ether oxygens (including phenoxy) is 1. The van der Waals surface area contributed by atoms with E-state index in [0.717, 1.165) is 15.3 Å². The maximum absolute atomic E-state index is 12.8. The third-order valence-corrected chi connectivity index (χ3v) is 6.15. The lowest BCUT2D eigenvalue weighted by molar-refractivity contribution is 0.0691. The predicted octanol–water partition coefficient (Wildman–Crippen LogP) is 6.08. The molecule has 0 aliphatic rings. The summed E-state index contributed by atoms with van der Waals surface area (Å²) in [6.45, 7) is 2.88. The lowest BCUT2D eigenvalue weighted by atomic mass is 10.1. The maximum Gasteiger partial charge on any atom is 0.339 e. The monoisotopic (exact) mass is 457 g/mol. The van der Waals surface area contributed by atoms with E-state index in [9.17, 15) is 14.7 Å². The Bertz CT molecular complexity index is 1300. The molecule has 4 aromatic rings. The molecule has 1 N–H and O–H groups in total. The highest BCUT2D eigenvalue weighted by Crippen LogP contribution is 2.23. The Balaban J connectivity index is 1.37. The van der Waals surface area contributed by atoms with Gasteiger partial charge in [0.25, 0.3) is 0 Å². The summed E-state index contributed by atoms with van der Waals surface area (Å²) in [6.07, 6.45) is 5.93. The molecular formula is C27H23NO4S. The van der Waals surface area contributed by atoms with E-state index in [4.69, 9.17) is 4.74 Å². The van der Waals surface area contributed by atoms with Gasteiger partial charge >= 0.3 is 5.97 Å². The zero-order chi connectivity index (χ0) is 23.2. The largest absolute Gasteiger partial charge is 0.487 e. The minimum absolute atomic E-state index is 0.00519. The van der Waals surface area contributed by atoms with Gasteiger partial charge in [0.2, 0.25) is 5.78 Å². The van der Waals surface area contributed by atoms with Crippen LogP contribution in [0.15, 0.2) is 85.1 Å². The van der Waals surface area contributed by atoms with Gasteiger partial charge in [0, 0.05) is 28.1 Å². The summed E-state index contributed by atoms with van der Waals surface area (Å²) in [4.78, 5) is 26.2. The number of para-hydroxylation sites is 1. The summed E-state index contributed by atoms with van der Waals surface area (Å²) in [5, 5.41) is 9.26. The van der Waals surface area contributed by atoms with Gasteiger partial charge < -0.3 is 14.4 Å². The molecule has 0 saturated heterocycles. The Morgan fingerprint density at radius 1 is 1.00 bits per heavy atom. The van der Waals surface area contributed by atoms with Crippen molar-refractivity contribution in [1.82, 2.24) is 4.57 Å². The van der Waals surface area contributed by atoms with Crippen molar-refractivity contribution in [3.8, 4) is 5.75 Å². The second-order valence-corrected chi connectivity index (χ2v) is 8.74. The molecule has 0 spiro atoms. The third kappa shape index (κ3) is 5.48. The molecule has 5 nitrogen and oxygen atoms in total. The summed E-state index contributed by atoms with van der Waals surface area (Å²) in [6, 6.07) is 21.9. The van der Waals surface area contributed by atoms with Crippen LogP contribution in [0.4, 0.5) is 0 Å². The lowest BCUT2D eigenvalue weighted by Crippen LogP contribution is -2.09. The molecule has 0 amide bonds. The Morgan fingerprint density at radius 2 is 1.79 bits per heavy atom. The summed E-state index contributed by atoms with van der Waals surface area (Å²) >= 11 is 1.58. The lowest BCUT2D eigenvalue weighted by Gasteiger charge is -2.07. The smallest absolute Gasteiger partial charge is 0.339 e. The van der Waals surface area contributed by atoms with E-state index in [1.54, 1.807) is 29.5 Å². The number of carboxylic acids is 1. The summed E-state index contributed by atoms with van der Waals surface area (Å²) in [5.74, 6) is -0.648. The van der Waals surface area contributed by atoms with Crippen molar-refractivity contribution in [2.24, 2.45) is 0 Å². The molecular weight excluding hydrogens is 434 g/mol. The standard InChI is InChI=1S/C27H23NO4S/c1-19-10-12-20(13-11-19)26(29)24-8-5-17-28(24)16-4-6-21-14-15-22(33-21)18-32-25-9-3-2-7-23(25)27(30)31/h2-15,17H,16,18H2,1H3,(H,30,31)/b6-4+. The second-order valence-electron chi connectivity index (χ2n) is 7.54. The molecule has 0 aliphatic heterocycles. The molecule has 33 heavy (non-hydrogen) atoms. The number of carbonyl (C=O) groups excluding carboxylic acids is 1. The fourth-order valence-electron chi connectivity index (χ4n) is 3.39. The highest BCUT2D eigenvalue weighted by molar-refractivity contribution is 7.12. The number of thiophene rings is 1. The fourth-order valence-corrected chi connectivity index (χ4v) is 4.25. The number of rotatable bonds is 9. The average Bonchev–Trinajstić information content (AvgIpc) is 3.47. The van der Waals surface area contributed by atoms with Crippen molar-refractivity contribution < 1.29 is 19.4 Å². The number of hydrogen-bond acceptors (Lipinski definition) is 4. The molecule has 0 atom stereocenters. The number of ketones is 1. The van der Waals surface area contributed by atoms with Crippen molar-refractivity contribution in [3.05, 3.63) is 117 Å². The molecule has 0 radical (unpaired) electrons. The first-order chi connectivity index (χ1) is 16.0. The molecule has 0 fully saturated rings. The van der Waals surface area contributed by atoms with Crippen LogP contribution < -0.4 is 4.74 Å². The normalized spacial score (nSPS) is 11.1. The Kier molecular flexibility index (Phi) is 6.86. The molecule has 166 valence electrons. The number of nitrogens with zero attached hydrogens (tertiary/aromatic N) is 1. The van der Waals surface area contributed by atoms with Gasteiger partial charge in [0.15, 0.2) is 0 Å². The first-order valence-corrected chi connectivity index (χ1v) is 11.3. The van der Waals surface area contributed by atoms with Gasteiger partial charge in [-0.1, -0.05) is 48.0 Å². The van der Waals surface area contributed by atoms with Gasteiger partial charge in [-0.3, -0.25) is 4.79 Å². The van der Waals surface area contributed by atoms with Crippen LogP contribution in [-0.4, -0.2) is 21.4 Å². The van der Waals surface area contributed by atoms with Crippen molar-refractivity contribution in [1.29, 1.82) is 0 Å². The second kappa shape index (κ2) is 10.1. The summed E-state index contributed by atoms with van der Waals surface area (Å²) < 4.78 is 7.65. The molecule has 4 rings (SSSR count). The highest BCUT2D eigenvalue weighted by atomic mass is 32.1. The van der Waals surface area contributed by atoms with Crippen LogP contribution in [0, 0.1) is 6.92 Å². The van der Waals surface area contributed by atoms with E-state index >= 15 is 0 Å². The van der Waals surface area contributed by atoms with E-state index in [2.05, 4.69) is 0 Å². The van der Waals surface area contributed by atoms with E-state index in [1.165, 1.54) is 6.07 Å². The zero-order valence-electron chi connectivity index (χ0n) is 18.1. The molecule has 0 aliphatic carbocycles. The summed E-state index contributed by atoms with van der Waals surface area (Å²) in [5.41, 5.74) is 2.60. The van der Waals surface area contributed by atoms with Crippen molar-refractivity contribution in [2.75, 3.05) is 0 Å². The van der Waals surface area contributed by atoms with Gasteiger partial charge in [0.1, 0.15) is 17.9 Å². The Morgan fingerprint density at radius 3 is 2.58 bits per heavy atom. The van der Waals surface area contributed by atoms with E-state index in [-0.39, 0.29) is 11.3 Å². The third-order valence-electron chi connectivity index (χ3n) is 5.13. The van der Waals surface area contributed by atoms with Gasteiger partial charge in [-0.25, -0.2) is 4.79 Å². The first kappa shape index (κ1) is 22.3. The van der Waals surface area contributed by atoms with Gasteiger partial charge in [-0.2, -0.15) is 0 Å². The number of carbonyl (C=O) groups is 2. The number of benzene rings is 2. The highest BCUT2D eigenvalue weighted by Gasteiger charge is 2.13. The number of aryl methyl sites for hydroxylation is 1. The fraction of sp³-hybridized carbons (Fsp3) is 0.111. The molecule has 2 heterocycles. The van der Waals surface area contributed by atoms with Crippen molar-refractivity contribution in [3.63, 3.8) is 0 Å². The van der Waals surface area contributed by atoms with Gasteiger partial charge in [0.05, 0.1) is 5.69 Å². The van der Waals surface area contributed by atoms with Gasteiger partial charge in [-0.05, 0) is 49.4 Å². The van der Waals surface area contributed by atoms with Crippen LogP contribution in [0.5, 0.6) is 5.75 Å². The molecule has 6 heteroatoms. The molecule has 0 saturated carbocycles. The number of carboxylic acid groups (broad SMARTS) is 1. The first-order valence-electron chi connectivity index (χ1n) is 10.5. The van der Waals surface area contributed by atoms with Crippen LogP contribution in [0.25, 0.3) is 6.08 Å². The number of allylic oxidation sites excluding steroid dienone is 1. The number of aromatic carboxylic acids is 1. The number of hydrogen-bond donors (Lipinski definition) is 1.